The standard InChI is InChI=1S/C15H27N3S/c1-3-10-16-13(4-2)15-18-17-14(19-15)11-12-8-6-5-7-9-12/h12-13,16H,3-11H2,1-2H3. The number of nitrogens with zero attached hydrogens (tertiary/aromatic N) is 2. The highest BCUT2D eigenvalue weighted by molar-refractivity contribution is 7.11. The lowest BCUT2D eigenvalue weighted by Crippen LogP contribution is -2.21. The molecule has 108 valence electrons. The van der Waals surface area contributed by atoms with Crippen molar-refractivity contribution < 1.29 is 0 Å². The normalized spacial score (nSPS) is 18.6. The van der Waals surface area contributed by atoms with Crippen LogP contribution in [0, 0.1) is 5.92 Å². The summed E-state index contributed by atoms with van der Waals surface area (Å²) in [6, 6.07) is 0.401. The Bertz CT molecular complexity index is 358. The maximum atomic E-state index is 4.42. The number of hydrogen-bond acceptors (Lipinski definition) is 4. The zero-order valence-electron chi connectivity index (χ0n) is 12.3. The molecule has 1 atom stereocenters. The summed E-state index contributed by atoms with van der Waals surface area (Å²) in [6.07, 6.45) is 10.4. The fourth-order valence-electron chi connectivity index (χ4n) is 2.85. The van der Waals surface area contributed by atoms with Crippen LogP contribution in [0.5, 0.6) is 0 Å². The summed E-state index contributed by atoms with van der Waals surface area (Å²) in [5.74, 6) is 0.859. The van der Waals surface area contributed by atoms with Crippen LogP contribution in [0.2, 0.25) is 0 Å². The minimum atomic E-state index is 0.401. The molecule has 19 heavy (non-hydrogen) atoms. The molecule has 1 fully saturated rings. The van der Waals surface area contributed by atoms with Crippen LogP contribution in [0.3, 0.4) is 0 Å². The van der Waals surface area contributed by atoms with E-state index < -0.39 is 0 Å². The fraction of sp³-hybridized carbons (Fsp3) is 0.867. The van der Waals surface area contributed by atoms with E-state index in [1.165, 1.54) is 48.5 Å². The molecule has 0 aromatic carbocycles. The zero-order chi connectivity index (χ0) is 13.5. The molecular formula is C15H27N3S. The van der Waals surface area contributed by atoms with Crippen LogP contribution in [0.4, 0.5) is 0 Å². The van der Waals surface area contributed by atoms with Gasteiger partial charge in [-0.2, -0.15) is 0 Å². The third-order valence-corrected chi connectivity index (χ3v) is 5.08. The summed E-state index contributed by atoms with van der Waals surface area (Å²) in [5.41, 5.74) is 0. The summed E-state index contributed by atoms with van der Waals surface area (Å²) >= 11 is 1.82. The Labute approximate surface area is 121 Å². The monoisotopic (exact) mass is 281 g/mol. The van der Waals surface area contributed by atoms with E-state index in [-0.39, 0.29) is 0 Å². The Morgan fingerprint density at radius 1 is 1.21 bits per heavy atom. The molecule has 1 aromatic heterocycles. The Balaban J connectivity index is 1.89. The highest BCUT2D eigenvalue weighted by atomic mass is 32.1. The lowest BCUT2D eigenvalue weighted by atomic mass is 9.87. The molecule has 2 rings (SSSR count). The fourth-order valence-corrected chi connectivity index (χ4v) is 3.97. The Kier molecular flexibility index (Phi) is 6.24. The molecule has 1 N–H and O–H groups in total. The highest BCUT2D eigenvalue weighted by Gasteiger charge is 2.18. The van der Waals surface area contributed by atoms with Gasteiger partial charge in [0.15, 0.2) is 0 Å². The van der Waals surface area contributed by atoms with Gasteiger partial charge in [-0.15, -0.1) is 10.2 Å². The number of hydrogen-bond donors (Lipinski definition) is 1. The van der Waals surface area contributed by atoms with E-state index in [2.05, 4.69) is 29.4 Å². The van der Waals surface area contributed by atoms with E-state index >= 15 is 0 Å². The van der Waals surface area contributed by atoms with Crippen molar-refractivity contribution in [1.82, 2.24) is 15.5 Å². The quantitative estimate of drug-likeness (QED) is 0.817. The van der Waals surface area contributed by atoms with Crippen molar-refractivity contribution in [2.45, 2.75) is 71.3 Å². The lowest BCUT2D eigenvalue weighted by molar-refractivity contribution is 0.356. The van der Waals surface area contributed by atoms with Gasteiger partial charge in [0.2, 0.25) is 0 Å². The van der Waals surface area contributed by atoms with Crippen molar-refractivity contribution in [3.63, 3.8) is 0 Å². The van der Waals surface area contributed by atoms with E-state index in [1.54, 1.807) is 0 Å². The predicted molar refractivity (Wildman–Crippen MR) is 81.5 cm³/mol. The Morgan fingerprint density at radius 2 is 2.00 bits per heavy atom. The van der Waals surface area contributed by atoms with Crippen molar-refractivity contribution in [2.24, 2.45) is 5.92 Å². The highest BCUT2D eigenvalue weighted by Crippen LogP contribution is 2.29. The van der Waals surface area contributed by atoms with Crippen molar-refractivity contribution in [3.05, 3.63) is 10.0 Å². The first-order valence-corrected chi connectivity index (χ1v) is 8.70. The molecule has 0 saturated heterocycles. The summed E-state index contributed by atoms with van der Waals surface area (Å²) in [6.45, 7) is 5.49. The molecule has 0 aliphatic heterocycles. The maximum Gasteiger partial charge on any atom is 0.134 e. The lowest BCUT2D eigenvalue weighted by Gasteiger charge is -2.19. The van der Waals surface area contributed by atoms with Gasteiger partial charge in [0.05, 0.1) is 6.04 Å². The summed E-state index contributed by atoms with van der Waals surface area (Å²) < 4.78 is 0. The molecule has 0 spiro atoms. The van der Waals surface area contributed by atoms with Crippen molar-refractivity contribution in [2.75, 3.05) is 6.54 Å². The van der Waals surface area contributed by atoms with Gasteiger partial charge in [0.25, 0.3) is 0 Å². The van der Waals surface area contributed by atoms with Crippen LogP contribution in [0.25, 0.3) is 0 Å². The second-order valence-electron chi connectivity index (χ2n) is 5.66. The van der Waals surface area contributed by atoms with Crippen molar-refractivity contribution >= 4 is 11.3 Å². The van der Waals surface area contributed by atoms with Gasteiger partial charge >= 0.3 is 0 Å². The third-order valence-electron chi connectivity index (χ3n) is 4.02. The van der Waals surface area contributed by atoms with Crippen LogP contribution < -0.4 is 5.32 Å². The second kappa shape index (κ2) is 7.95. The van der Waals surface area contributed by atoms with Crippen LogP contribution in [0.1, 0.15) is 74.9 Å². The van der Waals surface area contributed by atoms with Gasteiger partial charge < -0.3 is 5.32 Å². The number of rotatable bonds is 7. The first-order chi connectivity index (χ1) is 9.33. The van der Waals surface area contributed by atoms with Crippen molar-refractivity contribution in [1.29, 1.82) is 0 Å². The average molecular weight is 281 g/mol. The smallest absolute Gasteiger partial charge is 0.134 e. The first kappa shape index (κ1) is 14.9. The molecular weight excluding hydrogens is 254 g/mol. The minimum Gasteiger partial charge on any atom is -0.308 e. The first-order valence-electron chi connectivity index (χ1n) is 7.89. The zero-order valence-corrected chi connectivity index (χ0v) is 13.1. The molecule has 0 bridgehead atoms. The van der Waals surface area contributed by atoms with Crippen molar-refractivity contribution in [3.8, 4) is 0 Å². The SMILES string of the molecule is CCCNC(CC)c1nnc(CC2CCCCC2)s1. The van der Waals surface area contributed by atoms with Gasteiger partial charge in [-0.3, -0.25) is 0 Å². The molecule has 0 radical (unpaired) electrons. The molecule has 1 aliphatic rings. The van der Waals surface area contributed by atoms with E-state index in [9.17, 15) is 0 Å². The average Bonchev–Trinajstić information content (AvgIpc) is 2.89. The van der Waals surface area contributed by atoms with Gasteiger partial charge in [0, 0.05) is 6.42 Å². The largest absolute Gasteiger partial charge is 0.308 e. The maximum absolute atomic E-state index is 4.42. The summed E-state index contributed by atoms with van der Waals surface area (Å²) in [7, 11) is 0. The summed E-state index contributed by atoms with van der Waals surface area (Å²) in [4.78, 5) is 0. The number of nitrogens with one attached hydrogen (secondary N) is 1. The predicted octanol–water partition coefficient (Wildman–Crippen LogP) is 4.11. The Hall–Kier alpha value is -0.480. The Morgan fingerprint density at radius 3 is 2.68 bits per heavy atom. The summed E-state index contributed by atoms with van der Waals surface area (Å²) in [5, 5.41) is 14.8. The van der Waals surface area contributed by atoms with E-state index in [0.717, 1.165) is 25.3 Å². The van der Waals surface area contributed by atoms with E-state index in [4.69, 9.17) is 0 Å². The molecule has 3 nitrogen and oxygen atoms in total. The molecule has 1 unspecified atom stereocenters. The molecule has 1 aromatic rings. The van der Waals surface area contributed by atoms with Gasteiger partial charge in [-0.25, -0.2) is 0 Å². The van der Waals surface area contributed by atoms with Gasteiger partial charge in [-0.05, 0) is 25.3 Å². The molecule has 0 amide bonds. The van der Waals surface area contributed by atoms with E-state index in [1.807, 2.05) is 11.3 Å². The van der Waals surface area contributed by atoms with Gasteiger partial charge in [-0.1, -0.05) is 57.3 Å². The number of aromatic nitrogens is 2. The molecule has 1 aliphatic carbocycles. The van der Waals surface area contributed by atoms with Crippen LogP contribution >= 0.6 is 11.3 Å². The second-order valence-corrected chi connectivity index (χ2v) is 6.75. The molecule has 1 saturated carbocycles. The van der Waals surface area contributed by atoms with Gasteiger partial charge in [0.1, 0.15) is 10.0 Å². The molecule has 1 heterocycles. The van der Waals surface area contributed by atoms with Crippen LogP contribution in [-0.4, -0.2) is 16.7 Å². The minimum absolute atomic E-state index is 0.401. The molecule has 4 heteroatoms. The topological polar surface area (TPSA) is 37.8 Å². The van der Waals surface area contributed by atoms with E-state index in [0.29, 0.717) is 6.04 Å². The third kappa shape index (κ3) is 4.53. The van der Waals surface area contributed by atoms with Crippen LogP contribution in [-0.2, 0) is 6.42 Å². The van der Waals surface area contributed by atoms with Crippen LogP contribution in [0.15, 0.2) is 0 Å².